The normalized spacial score (nSPS) is 10.3. The molecule has 1 heterocycles. The predicted octanol–water partition coefficient (Wildman–Crippen LogP) is 1.65. The molecule has 5 N–H and O–H groups in total. The molecule has 0 unspecified atom stereocenters. The number of benzene rings is 1. The summed E-state index contributed by atoms with van der Waals surface area (Å²) in [7, 11) is 0. The number of primary amides is 1. The number of pyridine rings is 1. The second-order valence-corrected chi connectivity index (χ2v) is 4.09. The number of halogens is 2. The summed E-state index contributed by atoms with van der Waals surface area (Å²) in [4.78, 5) is 14.9. The predicted molar refractivity (Wildman–Crippen MR) is 70.9 cm³/mol. The van der Waals surface area contributed by atoms with E-state index in [1.165, 1.54) is 12.1 Å². The fraction of sp³-hybridized carbons (Fsp3) is 0.0769. The molecule has 0 aliphatic rings. The van der Waals surface area contributed by atoms with Crippen LogP contribution in [0.15, 0.2) is 30.3 Å². The van der Waals surface area contributed by atoms with E-state index in [4.69, 9.17) is 11.5 Å². The highest BCUT2D eigenvalue weighted by Crippen LogP contribution is 2.18. The monoisotopic (exact) mass is 278 g/mol. The van der Waals surface area contributed by atoms with Gasteiger partial charge < -0.3 is 16.8 Å². The van der Waals surface area contributed by atoms with Crippen LogP contribution in [-0.2, 0) is 6.54 Å². The number of hydrogen-bond donors (Lipinski definition) is 3. The summed E-state index contributed by atoms with van der Waals surface area (Å²) in [5, 5.41) is 2.74. The van der Waals surface area contributed by atoms with Crippen LogP contribution in [0.4, 0.5) is 20.3 Å². The first kappa shape index (κ1) is 13.7. The number of carbonyl (C=O) groups excluding carboxylic acids is 1. The molecule has 0 fully saturated rings. The van der Waals surface area contributed by atoms with E-state index < -0.39 is 17.5 Å². The molecule has 0 spiro atoms. The van der Waals surface area contributed by atoms with Crippen LogP contribution in [0, 0.1) is 11.6 Å². The molecule has 0 aliphatic carbocycles. The highest BCUT2D eigenvalue weighted by Gasteiger charge is 2.09. The summed E-state index contributed by atoms with van der Waals surface area (Å²) in [5.41, 5.74) is 11.2. The van der Waals surface area contributed by atoms with Crippen LogP contribution in [0.5, 0.6) is 0 Å². The second kappa shape index (κ2) is 5.52. The third-order valence-electron chi connectivity index (χ3n) is 2.63. The molecular weight excluding hydrogens is 266 g/mol. The quantitative estimate of drug-likeness (QED) is 0.792. The number of aromatic nitrogens is 1. The van der Waals surface area contributed by atoms with Crippen molar-refractivity contribution in [1.82, 2.24) is 4.98 Å². The molecule has 0 aliphatic heterocycles. The van der Waals surface area contributed by atoms with Crippen molar-refractivity contribution < 1.29 is 13.6 Å². The molecule has 0 bridgehead atoms. The van der Waals surface area contributed by atoms with Gasteiger partial charge in [-0.05, 0) is 30.3 Å². The van der Waals surface area contributed by atoms with Crippen LogP contribution in [-0.4, -0.2) is 10.9 Å². The van der Waals surface area contributed by atoms with Crippen molar-refractivity contribution in [3.8, 4) is 0 Å². The number of nitrogens with two attached hydrogens (primary N) is 2. The minimum Gasteiger partial charge on any atom is -0.396 e. The number of anilines is 2. The molecule has 0 atom stereocenters. The number of hydrogen-bond acceptors (Lipinski definition) is 4. The van der Waals surface area contributed by atoms with E-state index in [1.807, 2.05) is 0 Å². The van der Waals surface area contributed by atoms with E-state index in [2.05, 4.69) is 10.3 Å². The Balaban J connectivity index is 2.20. The molecule has 1 aromatic heterocycles. The van der Waals surface area contributed by atoms with Crippen molar-refractivity contribution in [3.05, 3.63) is 53.2 Å². The highest BCUT2D eigenvalue weighted by atomic mass is 19.1. The zero-order valence-electron chi connectivity index (χ0n) is 10.4. The van der Waals surface area contributed by atoms with Gasteiger partial charge in [-0.25, -0.2) is 13.8 Å². The molecule has 2 rings (SSSR count). The van der Waals surface area contributed by atoms with E-state index in [0.717, 1.165) is 18.2 Å². The van der Waals surface area contributed by atoms with Crippen molar-refractivity contribution in [1.29, 1.82) is 0 Å². The maximum atomic E-state index is 13.4. The first-order chi connectivity index (χ1) is 9.47. The Hall–Kier alpha value is -2.70. The van der Waals surface area contributed by atoms with Gasteiger partial charge in [-0.2, -0.15) is 0 Å². The first-order valence-corrected chi connectivity index (χ1v) is 5.71. The summed E-state index contributed by atoms with van der Waals surface area (Å²) in [6, 6.07) is 5.96. The molecule has 0 radical (unpaired) electrons. The van der Waals surface area contributed by atoms with Gasteiger partial charge in [-0.3, -0.25) is 4.79 Å². The van der Waals surface area contributed by atoms with Gasteiger partial charge in [-0.15, -0.1) is 0 Å². The lowest BCUT2D eigenvalue weighted by molar-refractivity contribution is 0.0995. The second-order valence-electron chi connectivity index (χ2n) is 4.09. The Morgan fingerprint density at radius 1 is 1.25 bits per heavy atom. The van der Waals surface area contributed by atoms with Crippen LogP contribution in [0.2, 0.25) is 0 Å². The van der Waals surface area contributed by atoms with E-state index in [-0.39, 0.29) is 29.3 Å². The van der Waals surface area contributed by atoms with Gasteiger partial charge in [0.15, 0.2) is 0 Å². The van der Waals surface area contributed by atoms with E-state index in [9.17, 15) is 13.6 Å². The summed E-state index contributed by atoms with van der Waals surface area (Å²) in [6.07, 6.45) is 0. The maximum Gasteiger partial charge on any atom is 0.267 e. The molecule has 104 valence electrons. The summed E-state index contributed by atoms with van der Waals surface area (Å²) in [5.74, 6) is -1.62. The molecule has 2 aromatic rings. The first-order valence-electron chi connectivity index (χ1n) is 5.71. The third-order valence-corrected chi connectivity index (χ3v) is 2.63. The average molecular weight is 278 g/mol. The van der Waals surface area contributed by atoms with Gasteiger partial charge in [0.2, 0.25) is 0 Å². The maximum absolute atomic E-state index is 13.4. The number of nitrogens with zero attached hydrogens (tertiary/aromatic N) is 1. The Labute approximate surface area is 113 Å². The fourth-order valence-electron chi connectivity index (χ4n) is 1.61. The lowest BCUT2D eigenvalue weighted by Crippen LogP contribution is -2.15. The molecule has 1 aromatic carbocycles. The number of rotatable bonds is 4. The molecule has 0 saturated carbocycles. The molecule has 0 saturated heterocycles. The minimum atomic E-state index is -0.704. The third kappa shape index (κ3) is 3.00. The van der Waals surface area contributed by atoms with Crippen LogP contribution >= 0.6 is 0 Å². The average Bonchev–Trinajstić information content (AvgIpc) is 2.41. The Morgan fingerprint density at radius 2 is 2.00 bits per heavy atom. The van der Waals surface area contributed by atoms with Gasteiger partial charge in [0.1, 0.15) is 23.1 Å². The van der Waals surface area contributed by atoms with Crippen molar-refractivity contribution in [2.45, 2.75) is 6.54 Å². The number of amides is 1. The van der Waals surface area contributed by atoms with Crippen molar-refractivity contribution in [2.75, 3.05) is 11.1 Å². The number of nitrogens with one attached hydrogen (secondary N) is 1. The molecular formula is C13H12F2N4O. The lowest BCUT2D eigenvalue weighted by Gasteiger charge is -2.10. The molecule has 5 nitrogen and oxygen atoms in total. The summed E-state index contributed by atoms with van der Waals surface area (Å²) >= 11 is 0. The Kier molecular flexibility index (Phi) is 3.79. The zero-order valence-corrected chi connectivity index (χ0v) is 10.4. The van der Waals surface area contributed by atoms with E-state index >= 15 is 0 Å². The van der Waals surface area contributed by atoms with E-state index in [1.54, 1.807) is 0 Å². The Morgan fingerprint density at radius 3 is 2.70 bits per heavy atom. The van der Waals surface area contributed by atoms with Crippen molar-refractivity contribution in [3.63, 3.8) is 0 Å². The van der Waals surface area contributed by atoms with Crippen LogP contribution < -0.4 is 16.8 Å². The summed E-state index contributed by atoms with van der Waals surface area (Å²) in [6.45, 7) is -0.0248. The molecule has 1 amide bonds. The van der Waals surface area contributed by atoms with Crippen LogP contribution in [0.25, 0.3) is 0 Å². The largest absolute Gasteiger partial charge is 0.396 e. The number of nitrogen functional groups attached to an aromatic ring is 1. The SMILES string of the molecule is NC(=O)c1ccc(N)c(NCc2cc(F)ccc2F)n1. The topological polar surface area (TPSA) is 94.0 Å². The molecule has 20 heavy (non-hydrogen) atoms. The van der Waals surface area contributed by atoms with Crippen LogP contribution in [0.3, 0.4) is 0 Å². The Bertz CT molecular complexity index is 661. The molecule has 7 heteroatoms. The minimum absolute atomic E-state index is 0.0248. The smallest absolute Gasteiger partial charge is 0.267 e. The van der Waals surface area contributed by atoms with Gasteiger partial charge in [0.05, 0.1) is 5.69 Å². The van der Waals surface area contributed by atoms with Gasteiger partial charge >= 0.3 is 0 Å². The fourth-order valence-corrected chi connectivity index (χ4v) is 1.61. The van der Waals surface area contributed by atoms with Gasteiger partial charge in [0, 0.05) is 12.1 Å². The van der Waals surface area contributed by atoms with Crippen molar-refractivity contribution in [2.24, 2.45) is 5.73 Å². The van der Waals surface area contributed by atoms with Crippen LogP contribution in [0.1, 0.15) is 16.1 Å². The van der Waals surface area contributed by atoms with Gasteiger partial charge in [0.25, 0.3) is 5.91 Å². The van der Waals surface area contributed by atoms with Gasteiger partial charge in [-0.1, -0.05) is 0 Å². The summed E-state index contributed by atoms with van der Waals surface area (Å²) < 4.78 is 26.5. The van der Waals surface area contributed by atoms with E-state index in [0.29, 0.717) is 0 Å². The zero-order chi connectivity index (χ0) is 14.7. The van der Waals surface area contributed by atoms with Crippen molar-refractivity contribution >= 4 is 17.4 Å². The lowest BCUT2D eigenvalue weighted by atomic mass is 10.2. The highest BCUT2D eigenvalue weighted by molar-refractivity contribution is 5.91. The number of carbonyl (C=O) groups is 1. The standard InChI is InChI=1S/C13H12F2N4O/c14-8-1-2-9(15)7(5-8)6-18-13-10(16)3-4-11(19-13)12(17)20/h1-5H,6,16H2,(H2,17,20)(H,18,19).